The molecule has 0 fully saturated rings. The van der Waals surface area contributed by atoms with Crippen LogP contribution in [0.25, 0.3) is 0 Å². The van der Waals surface area contributed by atoms with Gasteiger partial charge < -0.3 is 10.2 Å². The number of nitrogens with one attached hydrogen (secondary N) is 1. The van der Waals surface area contributed by atoms with E-state index < -0.39 is 6.04 Å². The molecule has 33 heavy (non-hydrogen) atoms. The Hall–Kier alpha value is -2.82. The Kier molecular flexibility index (Phi) is 8.54. The second kappa shape index (κ2) is 11.4. The third kappa shape index (κ3) is 6.59. The summed E-state index contributed by atoms with van der Waals surface area (Å²) in [6.07, 6.45) is 0.609. The summed E-state index contributed by atoms with van der Waals surface area (Å²) in [6, 6.07) is 20.4. The first-order valence-corrected chi connectivity index (χ1v) is 11.6. The van der Waals surface area contributed by atoms with E-state index in [1.807, 2.05) is 68.4 Å². The summed E-state index contributed by atoms with van der Waals surface area (Å²) >= 11 is 12.3. The SMILES string of the molecule is CNC(=O)C(Cc1ccccc1)N(Cc1ccc(Cl)c(Cl)c1)C(=O)Cc1cc(C)ccc1C. The Morgan fingerprint density at radius 1 is 0.909 bits per heavy atom. The molecule has 2 amide bonds. The van der Waals surface area contributed by atoms with E-state index >= 15 is 0 Å². The highest BCUT2D eigenvalue weighted by Crippen LogP contribution is 2.25. The quantitative estimate of drug-likeness (QED) is 0.458. The minimum absolute atomic E-state index is 0.126. The highest BCUT2D eigenvalue weighted by atomic mass is 35.5. The van der Waals surface area contributed by atoms with E-state index in [0.29, 0.717) is 16.5 Å². The van der Waals surface area contributed by atoms with E-state index in [4.69, 9.17) is 23.2 Å². The van der Waals surface area contributed by atoms with Gasteiger partial charge in [0.15, 0.2) is 0 Å². The van der Waals surface area contributed by atoms with E-state index in [2.05, 4.69) is 5.32 Å². The lowest BCUT2D eigenvalue weighted by molar-refractivity contribution is -0.140. The van der Waals surface area contributed by atoms with E-state index in [1.165, 1.54) is 0 Å². The molecule has 6 heteroatoms. The Labute approximate surface area is 205 Å². The van der Waals surface area contributed by atoms with Crippen LogP contribution in [0.4, 0.5) is 0 Å². The molecule has 3 aromatic carbocycles. The molecular weight excluding hydrogens is 455 g/mol. The normalized spacial score (nSPS) is 11.7. The van der Waals surface area contributed by atoms with E-state index in [1.54, 1.807) is 24.1 Å². The van der Waals surface area contributed by atoms with Crippen molar-refractivity contribution >= 4 is 35.0 Å². The van der Waals surface area contributed by atoms with Crippen LogP contribution in [0.2, 0.25) is 10.0 Å². The second-order valence-electron chi connectivity index (χ2n) is 8.20. The Morgan fingerprint density at radius 3 is 2.30 bits per heavy atom. The Balaban J connectivity index is 1.98. The number of halogens is 2. The zero-order valence-electron chi connectivity index (χ0n) is 19.1. The van der Waals surface area contributed by atoms with Crippen LogP contribution >= 0.6 is 23.2 Å². The molecule has 0 saturated carbocycles. The first kappa shape index (κ1) is 24.8. The highest BCUT2D eigenvalue weighted by molar-refractivity contribution is 6.42. The Morgan fingerprint density at radius 2 is 1.64 bits per heavy atom. The van der Waals surface area contributed by atoms with Crippen molar-refractivity contribution in [2.75, 3.05) is 7.05 Å². The number of nitrogens with zero attached hydrogens (tertiary/aromatic N) is 1. The van der Waals surface area contributed by atoms with Gasteiger partial charge in [-0.3, -0.25) is 9.59 Å². The molecule has 1 unspecified atom stereocenters. The van der Waals surface area contributed by atoms with Gasteiger partial charge in [-0.1, -0.05) is 83.4 Å². The van der Waals surface area contributed by atoms with Gasteiger partial charge in [0.2, 0.25) is 11.8 Å². The molecule has 172 valence electrons. The molecule has 3 rings (SSSR count). The number of hydrogen-bond donors (Lipinski definition) is 1. The zero-order chi connectivity index (χ0) is 24.0. The summed E-state index contributed by atoms with van der Waals surface area (Å²) in [7, 11) is 1.59. The van der Waals surface area contributed by atoms with Gasteiger partial charge in [0.25, 0.3) is 0 Å². The number of carbonyl (C=O) groups is 2. The Bertz CT molecular complexity index is 1130. The van der Waals surface area contributed by atoms with Crippen LogP contribution in [0.15, 0.2) is 66.7 Å². The van der Waals surface area contributed by atoms with E-state index in [9.17, 15) is 9.59 Å². The lowest BCUT2D eigenvalue weighted by Crippen LogP contribution is -2.50. The van der Waals surface area contributed by atoms with Crippen molar-refractivity contribution in [2.24, 2.45) is 0 Å². The molecule has 0 radical (unpaired) electrons. The predicted molar refractivity (Wildman–Crippen MR) is 135 cm³/mol. The van der Waals surface area contributed by atoms with Crippen LogP contribution in [0.3, 0.4) is 0 Å². The lowest BCUT2D eigenvalue weighted by atomic mass is 9.99. The topological polar surface area (TPSA) is 49.4 Å². The fourth-order valence-electron chi connectivity index (χ4n) is 3.81. The van der Waals surface area contributed by atoms with E-state index in [-0.39, 0.29) is 24.8 Å². The van der Waals surface area contributed by atoms with Gasteiger partial charge in [-0.05, 0) is 48.2 Å². The fraction of sp³-hybridized carbons (Fsp3) is 0.259. The number of hydrogen-bond acceptors (Lipinski definition) is 2. The number of carbonyl (C=O) groups excluding carboxylic acids is 2. The summed E-state index contributed by atoms with van der Waals surface area (Å²) < 4.78 is 0. The first-order chi connectivity index (χ1) is 15.8. The highest BCUT2D eigenvalue weighted by Gasteiger charge is 2.30. The molecule has 0 aliphatic rings. The largest absolute Gasteiger partial charge is 0.357 e. The molecular formula is C27H28Cl2N2O2. The van der Waals surface area contributed by atoms with Crippen molar-refractivity contribution in [1.29, 1.82) is 0 Å². The fourth-order valence-corrected chi connectivity index (χ4v) is 4.13. The van der Waals surface area contributed by atoms with Gasteiger partial charge in [0, 0.05) is 20.0 Å². The van der Waals surface area contributed by atoms with Gasteiger partial charge in [-0.2, -0.15) is 0 Å². The minimum atomic E-state index is -0.676. The monoisotopic (exact) mass is 482 g/mol. The molecule has 0 bridgehead atoms. The lowest BCUT2D eigenvalue weighted by Gasteiger charge is -2.31. The van der Waals surface area contributed by atoms with Crippen molar-refractivity contribution < 1.29 is 9.59 Å². The van der Waals surface area contributed by atoms with Crippen molar-refractivity contribution in [3.05, 3.63) is 105 Å². The van der Waals surface area contributed by atoms with Gasteiger partial charge in [0.1, 0.15) is 6.04 Å². The number of amides is 2. The average molecular weight is 483 g/mol. The smallest absolute Gasteiger partial charge is 0.242 e. The molecule has 1 N–H and O–H groups in total. The van der Waals surface area contributed by atoms with Crippen molar-refractivity contribution in [3.63, 3.8) is 0 Å². The third-order valence-electron chi connectivity index (χ3n) is 5.70. The number of likely N-dealkylation sites (N-methyl/N-ethyl adjacent to an activating group) is 1. The second-order valence-corrected chi connectivity index (χ2v) is 9.01. The summed E-state index contributed by atoms with van der Waals surface area (Å²) in [5, 5.41) is 3.59. The van der Waals surface area contributed by atoms with Gasteiger partial charge >= 0.3 is 0 Å². The van der Waals surface area contributed by atoms with Gasteiger partial charge in [0.05, 0.1) is 16.5 Å². The van der Waals surface area contributed by atoms with Crippen LogP contribution in [-0.2, 0) is 29.0 Å². The average Bonchev–Trinajstić information content (AvgIpc) is 2.81. The standard InChI is InChI=1S/C27H28Cl2N2O2/c1-18-9-10-19(2)22(13-18)16-26(32)31(17-21-11-12-23(28)24(29)14-21)25(27(33)30-3)15-20-7-5-4-6-8-20/h4-14,25H,15-17H2,1-3H3,(H,30,33). The number of rotatable bonds is 8. The predicted octanol–water partition coefficient (Wildman–Crippen LogP) is 5.54. The maximum absolute atomic E-state index is 13.7. The van der Waals surface area contributed by atoms with E-state index in [0.717, 1.165) is 27.8 Å². The maximum atomic E-state index is 13.7. The van der Waals surface area contributed by atoms with Crippen LogP contribution in [0, 0.1) is 13.8 Å². The number of benzene rings is 3. The molecule has 0 spiro atoms. The minimum Gasteiger partial charge on any atom is -0.357 e. The molecule has 0 aromatic heterocycles. The summed E-state index contributed by atoms with van der Waals surface area (Å²) in [5.74, 6) is -0.340. The summed E-state index contributed by atoms with van der Waals surface area (Å²) in [5.41, 5.74) is 4.87. The molecule has 0 saturated heterocycles. The summed E-state index contributed by atoms with van der Waals surface area (Å²) in [4.78, 5) is 28.3. The third-order valence-corrected chi connectivity index (χ3v) is 6.44. The number of aryl methyl sites for hydroxylation is 2. The van der Waals surface area contributed by atoms with Gasteiger partial charge in [-0.25, -0.2) is 0 Å². The van der Waals surface area contributed by atoms with Crippen molar-refractivity contribution in [3.8, 4) is 0 Å². The zero-order valence-corrected chi connectivity index (χ0v) is 20.6. The maximum Gasteiger partial charge on any atom is 0.242 e. The molecule has 0 heterocycles. The van der Waals surface area contributed by atoms with Crippen LogP contribution in [0.1, 0.15) is 27.8 Å². The van der Waals surface area contributed by atoms with Crippen LogP contribution in [-0.4, -0.2) is 29.8 Å². The van der Waals surface area contributed by atoms with Crippen LogP contribution < -0.4 is 5.32 Å². The molecule has 3 aromatic rings. The molecule has 4 nitrogen and oxygen atoms in total. The summed E-state index contributed by atoms with van der Waals surface area (Å²) in [6.45, 7) is 4.24. The molecule has 0 aliphatic heterocycles. The molecule has 1 atom stereocenters. The van der Waals surface area contributed by atoms with Crippen LogP contribution in [0.5, 0.6) is 0 Å². The van der Waals surface area contributed by atoms with Crippen molar-refractivity contribution in [2.45, 2.75) is 39.3 Å². The molecule has 0 aliphatic carbocycles. The van der Waals surface area contributed by atoms with Gasteiger partial charge in [-0.15, -0.1) is 0 Å². The van der Waals surface area contributed by atoms with Crippen molar-refractivity contribution in [1.82, 2.24) is 10.2 Å². The first-order valence-electron chi connectivity index (χ1n) is 10.8.